The van der Waals surface area contributed by atoms with E-state index in [2.05, 4.69) is 16.6 Å². The van der Waals surface area contributed by atoms with E-state index in [0.29, 0.717) is 18.2 Å². The van der Waals surface area contributed by atoms with Crippen LogP contribution in [0, 0.1) is 5.92 Å². The SMILES string of the molecule is CC1CCCC(NS(=O)(=O)c2ccc(CN)nc2)CC1. The Morgan fingerprint density at radius 3 is 2.75 bits per heavy atom. The normalized spacial score (nSPS) is 24.3. The molecule has 1 aliphatic rings. The van der Waals surface area contributed by atoms with Crippen LogP contribution in [0.25, 0.3) is 0 Å². The van der Waals surface area contributed by atoms with Crippen molar-refractivity contribution in [1.82, 2.24) is 9.71 Å². The van der Waals surface area contributed by atoms with E-state index in [1.54, 1.807) is 12.1 Å². The number of aromatic nitrogens is 1. The van der Waals surface area contributed by atoms with Gasteiger partial charge in [0.2, 0.25) is 10.0 Å². The number of rotatable bonds is 4. The summed E-state index contributed by atoms with van der Waals surface area (Å²) in [5.74, 6) is 0.690. The average molecular weight is 297 g/mol. The van der Waals surface area contributed by atoms with Crippen LogP contribution in [0.15, 0.2) is 23.2 Å². The average Bonchev–Trinajstić information content (AvgIpc) is 2.63. The fraction of sp³-hybridized carbons (Fsp3) is 0.643. The molecule has 2 unspecified atom stereocenters. The number of sulfonamides is 1. The molecule has 0 spiro atoms. The molecule has 1 heterocycles. The third-order valence-electron chi connectivity index (χ3n) is 3.90. The van der Waals surface area contributed by atoms with Crippen molar-refractivity contribution >= 4 is 10.0 Å². The summed E-state index contributed by atoms with van der Waals surface area (Å²) in [5.41, 5.74) is 6.15. The number of pyridine rings is 1. The Morgan fingerprint density at radius 1 is 1.30 bits per heavy atom. The van der Waals surface area contributed by atoms with E-state index in [0.717, 1.165) is 25.7 Å². The van der Waals surface area contributed by atoms with Crippen LogP contribution in [0.3, 0.4) is 0 Å². The third kappa shape index (κ3) is 4.01. The van der Waals surface area contributed by atoms with Crippen LogP contribution in [-0.4, -0.2) is 19.4 Å². The second kappa shape index (κ2) is 6.65. The second-order valence-electron chi connectivity index (χ2n) is 5.62. The van der Waals surface area contributed by atoms with E-state index in [1.807, 2.05) is 0 Å². The standard InChI is InChI=1S/C14H23N3O2S/c1-11-3-2-4-12(6-5-11)17-20(18,19)14-8-7-13(9-15)16-10-14/h7-8,10-12,17H,2-6,9,15H2,1H3. The molecule has 20 heavy (non-hydrogen) atoms. The van der Waals surface area contributed by atoms with Gasteiger partial charge in [-0.2, -0.15) is 0 Å². The Kier molecular flexibility index (Phi) is 5.12. The molecule has 1 saturated carbocycles. The predicted molar refractivity (Wildman–Crippen MR) is 78.5 cm³/mol. The smallest absolute Gasteiger partial charge is 0.242 e. The molecule has 0 aliphatic heterocycles. The highest BCUT2D eigenvalue weighted by Crippen LogP contribution is 2.23. The van der Waals surface area contributed by atoms with Gasteiger partial charge in [0.15, 0.2) is 0 Å². The van der Waals surface area contributed by atoms with Gasteiger partial charge in [-0.3, -0.25) is 4.98 Å². The van der Waals surface area contributed by atoms with Crippen molar-refractivity contribution < 1.29 is 8.42 Å². The fourth-order valence-electron chi connectivity index (χ4n) is 2.58. The first-order chi connectivity index (χ1) is 9.51. The van der Waals surface area contributed by atoms with Crippen LogP contribution in [-0.2, 0) is 16.6 Å². The van der Waals surface area contributed by atoms with Crippen LogP contribution in [0.4, 0.5) is 0 Å². The van der Waals surface area contributed by atoms with Gasteiger partial charge in [0.25, 0.3) is 0 Å². The zero-order chi connectivity index (χ0) is 14.6. The Balaban J connectivity index is 2.05. The molecule has 1 fully saturated rings. The topological polar surface area (TPSA) is 85.1 Å². The molecule has 5 nitrogen and oxygen atoms in total. The molecule has 3 N–H and O–H groups in total. The monoisotopic (exact) mass is 297 g/mol. The molecule has 1 aromatic rings. The summed E-state index contributed by atoms with van der Waals surface area (Å²) >= 11 is 0. The fourth-order valence-corrected chi connectivity index (χ4v) is 3.83. The molecule has 0 radical (unpaired) electrons. The summed E-state index contributed by atoms with van der Waals surface area (Å²) in [6.07, 6.45) is 6.55. The van der Waals surface area contributed by atoms with Gasteiger partial charge in [-0.15, -0.1) is 0 Å². The van der Waals surface area contributed by atoms with Crippen molar-refractivity contribution in [2.24, 2.45) is 11.7 Å². The van der Waals surface area contributed by atoms with Crippen LogP contribution in [0.1, 0.15) is 44.7 Å². The number of nitrogens with two attached hydrogens (primary N) is 1. The van der Waals surface area contributed by atoms with E-state index in [1.165, 1.54) is 12.6 Å². The number of hydrogen-bond acceptors (Lipinski definition) is 4. The van der Waals surface area contributed by atoms with E-state index < -0.39 is 10.0 Å². The van der Waals surface area contributed by atoms with E-state index in [9.17, 15) is 8.42 Å². The van der Waals surface area contributed by atoms with Crippen molar-refractivity contribution in [1.29, 1.82) is 0 Å². The zero-order valence-electron chi connectivity index (χ0n) is 11.9. The highest BCUT2D eigenvalue weighted by molar-refractivity contribution is 7.89. The Labute approximate surface area is 121 Å². The number of nitrogens with zero attached hydrogens (tertiary/aromatic N) is 1. The summed E-state index contributed by atoms with van der Waals surface area (Å²) in [7, 11) is -3.47. The van der Waals surface area contributed by atoms with E-state index in [4.69, 9.17) is 5.73 Å². The minimum Gasteiger partial charge on any atom is -0.325 e. The van der Waals surface area contributed by atoms with Gasteiger partial charge >= 0.3 is 0 Å². The molecule has 0 saturated heterocycles. The van der Waals surface area contributed by atoms with Crippen LogP contribution in [0.5, 0.6) is 0 Å². The number of nitrogens with one attached hydrogen (secondary N) is 1. The van der Waals surface area contributed by atoms with E-state index >= 15 is 0 Å². The first-order valence-electron chi connectivity index (χ1n) is 7.18. The maximum atomic E-state index is 12.3. The predicted octanol–water partition coefficient (Wildman–Crippen LogP) is 1.79. The first kappa shape index (κ1) is 15.4. The Hall–Kier alpha value is -0.980. The highest BCUT2D eigenvalue weighted by atomic mass is 32.2. The van der Waals surface area contributed by atoms with Gasteiger partial charge in [-0.05, 0) is 37.3 Å². The second-order valence-corrected chi connectivity index (χ2v) is 7.33. The molecule has 1 aliphatic carbocycles. The maximum absolute atomic E-state index is 12.3. The van der Waals surface area contributed by atoms with Gasteiger partial charge in [0.05, 0.1) is 5.69 Å². The summed E-state index contributed by atoms with van der Waals surface area (Å²) in [6.45, 7) is 2.54. The molecule has 2 rings (SSSR count). The molecule has 6 heteroatoms. The first-order valence-corrected chi connectivity index (χ1v) is 8.67. The minimum atomic E-state index is -3.47. The maximum Gasteiger partial charge on any atom is 0.242 e. The van der Waals surface area contributed by atoms with Gasteiger partial charge < -0.3 is 5.73 Å². The van der Waals surface area contributed by atoms with Crippen molar-refractivity contribution in [2.75, 3.05) is 0 Å². The summed E-state index contributed by atoms with van der Waals surface area (Å²) < 4.78 is 27.4. The van der Waals surface area contributed by atoms with Crippen LogP contribution in [0.2, 0.25) is 0 Å². The Morgan fingerprint density at radius 2 is 2.10 bits per heavy atom. The number of hydrogen-bond donors (Lipinski definition) is 2. The quantitative estimate of drug-likeness (QED) is 0.830. The lowest BCUT2D eigenvalue weighted by atomic mass is 10.0. The Bertz CT molecular complexity index is 528. The summed E-state index contributed by atoms with van der Waals surface area (Å²) in [4.78, 5) is 4.26. The molecule has 2 atom stereocenters. The lowest BCUT2D eigenvalue weighted by Gasteiger charge is -2.16. The van der Waals surface area contributed by atoms with Crippen molar-refractivity contribution in [3.8, 4) is 0 Å². The largest absolute Gasteiger partial charge is 0.325 e. The lowest BCUT2D eigenvalue weighted by Crippen LogP contribution is -2.34. The van der Waals surface area contributed by atoms with Crippen molar-refractivity contribution in [2.45, 2.75) is 56.5 Å². The highest BCUT2D eigenvalue weighted by Gasteiger charge is 2.22. The zero-order valence-corrected chi connectivity index (χ0v) is 12.7. The van der Waals surface area contributed by atoms with Crippen LogP contribution >= 0.6 is 0 Å². The van der Waals surface area contributed by atoms with Gasteiger partial charge in [-0.1, -0.05) is 19.8 Å². The lowest BCUT2D eigenvalue weighted by molar-refractivity contribution is 0.484. The minimum absolute atomic E-state index is 0.0409. The molecule has 0 amide bonds. The van der Waals surface area contributed by atoms with Gasteiger partial charge in [0.1, 0.15) is 4.90 Å². The summed E-state index contributed by atoms with van der Waals surface area (Å²) in [5, 5.41) is 0. The van der Waals surface area contributed by atoms with Gasteiger partial charge in [0, 0.05) is 18.8 Å². The third-order valence-corrected chi connectivity index (χ3v) is 5.40. The molecular weight excluding hydrogens is 274 g/mol. The van der Waals surface area contributed by atoms with Gasteiger partial charge in [-0.25, -0.2) is 13.1 Å². The molecule has 0 aromatic carbocycles. The van der Waals surface area contributed by atoms with Crippen molar-refractivity contribution in [3.05, 3.63) is 24.0 Å². The van der Waals surface area contributed by atoms with E-state index in [-0.39, 0.29) is 10.9 Å². The molecule has 112 valence electrons. The molecular formula is C14H23N3O2S. The summed E-state index contributed by atoms with van der Waals surface area (Å²) in [6, 6.07) is 3.26. The molecule has 0 bridgehead atoms. The van der Waals surface area contributed by atoms with Crippen LogP contribution < -0.4 is 10.5 Å². The molecule has 1 aromatic heterocycles. The van der Waals surface area contributed by atoms with Crippen molar-refractivity contribution in [3.63, 3.8) is 0 Å².